The summed E-state index contributed by atoms with van der Waals surface area (Å²) in [5, 5.41) is 10.8. The van der Waals surface area contributed by atoms with E-state index in [1.807, 2.05) is 44.2 Å². The van der Waals surface area contributed by atoms with Gasteiger partial charge in [0.1, 0.15) is 11.5 Å². The van der Waals surface area contributed by atoms with Crippen LogP contribution in [0, 0.1) is 12.7 Å². The van der Waals surface area contributed by atoms with Gasteiger partial charge in [-0.05, 0) is 62.1 Å². The van der Waals surface area contributed by atoms with Gasteiger partial charge in [-0.2, -0.15) is 5.10 Å². The number of hydrogen-bond donors (Lipinski definition) is 2. The molecular weight excluding hydrogens is 403 g/mol. The van der Waals surface area contributed by atoms with Crippen molar-refractivity contribution in [2.75, 3.05) is 11.9 Å². The minimum atomic E-state index is -0.329. The molecule has 5 nitrogen and oxygen atoms in total. The number of amides is 1. The Kier molecular flexibility index (Phi) is 6.90. The molecule has 0 spiro atoms. The van der Waals surface area contributed by atoms with Crippen LogP contribution in [0.3, 0.4) is 0 Å². The van der Waals surface area contributed by atoms with E-state index in [0.29, 0.717) is 17.9 Å². The molecule has 1 aliphatic carbocycles. The van der Waals surface area contributed by atoms with Crippen molar-refractivity contribution in [1.82, 2.24) is 15.1 Å². The number of para-hydroxylation sites is 1. The molecule has 158 valence electrons. The lowest BCUT2D eigenvalue weighted by atomic mass is 10.1. The summed E-state index contributed by atoms with van der Waals surface area (Å²) in [6, 6.07) is 12.8. The molecule has 1 aromatic heterocycles. The van der Waals surface area contributed by atoms with Gasteiger partial charge in [-0.25, -0.2) is 9.07 Å². The first-order chi connectivity index (χ1) is 14.1. The number of carbonyl (C=O) groups is 1. The van der Waals surface area contributed by atoms with E-state index in [1.165, 1.54) is 6.07 Å². The molecule has 0 radical (unpaired) electrons. The molecule has 0 saturated carbocycles. The Morgan fingerprint density at radius 1 is 1.20 bits per heavy atom. The largest absolute Gasteiger partial charge is 0.320 e. The number of anilines is 1. The summed E-state index contributed by atoms with van der Waals surface area (Å²) < 4.78 is 16.2. The monoisotopic (exact) mass is 428 g/mol. The van der Waals surface area contributed by atoms with Crippen molar-refractivity contribution in [3.05, 3.63) is 76.4 Å². The highest BCUT2D eigenvalue weighted by atomic mass is 35.5. The molecule has 1 heterocycles. The maximum Gasteiger partial charge on any atom is 0.276 e. The fourth-order valence-electron chi connectivity index (χ4n) is 3.84. The highest BCUT2D eigenvalue weighted by Gasteiger charge is 2.28. The van der Waals surface area contributed by atoms with Gasteiger partial charge in [0.05, 0.1) is 0 Å². The summed E-state index contributed by atoms with van der Waals surface area (Å²) >= 11 is 0. The smallest absolute Gasteiger partial charge is 0.276 e. The van der Waals surface area contributed by atoms with E-state index in [1.54, 1.807) is 10.7 Å². The summed E-state index contributed by atoms with van der Waals surface area (Å²) in [5.74, 6) is -0.580. The van der Waals surface area contributed by atoms with Crippen LogP contribution in [0.4, 0.5) is 10.1 Å². The van der Waals surface area contributed by atoms with Crippen molar-refractivity contribution < 1.29 is 9.18 Å². The standard InChI is InChI=1S/C23H25FN4O.ClH/c1-3-25-14-16-7-4-5-9-19(16)26-23(29)22-17-8-6-10-20(17)28(27-22)21-12-11-15(2)13-18(21)24;/h4-5,7,9,11-13,25H,3,6,8,10,14H2,1-2H3,(H,26,29);1H. The topological polar surface area (TPSA) is 58.9 Å². The van der Waals surface area contributed by atoms with Crippen LogP contribution in [-0.4, -0.2) is 22.2 Å². The molecule has 0 unspecified atom stereocenters. The molecule has 4 rings (SSSR count). The molecule has 0 atom stereocenters. The Morgan fingerprint density at radius 2 is 2.00 bits per heavy atom. The van der Waals surface area contributed by atoms with Crippen LogP contribution >= 0.6 is 12.4 Å². The Balaban J connectivity index is 0.00000256. The second kappa shape index (κ2) is 9.41. The van der Waals surface area contributed by atoms with Crippen molar-refractivity contribution in [3.63, 3.8) is 0 Å². The Labute approximate surface area is 182 Å². The lowest BCUT2D eigenvalue weighted by Crippen LogP contribution is -2.18. The number of hydrogen-bond acceptors (Lipinski definition) is 3. The van der Waals surface area contributed by atoms with Crippen LogP contribution in [0.25, 0.3) is 5.69 Å². The van der Waals surface area contributed by atoms with E-state index in [4.69, 9.17) is 0 Å². The molecule has 0 fully saturated rings. The van der Waals surface area contributed by atoms with Crippen molar-refractivity contribution in [3.8, 4) is 5.69 Å². The second-order valence-electron chi connectivity index (χ2n) is 7.39. The minimum absolute atomic E-state index is 0. The molecule has 1 amide bonds. The van der Waals surface area contributed by atoms with Crippen LogP contribution in [-0.2, 0) is 19.4 Å². The van der Waals surface area contributed by atoms with Crippen LogP contribution in [0.1, 0.15) is 46.2 Å². The summed E-state index contributed by atoms with van der Waals surface area (Å²) in [7, 11) is 0. The Hall–Kier alpha value is -2.70. The maximum atomic E-state index is 14.6. The van der Waals surface area contributed by atoms with Gasteiger partial charge in [-0.3, -0.25) is 4.79 Å². The fourth-order valence-corrected chi connectivity index (χ4v) is 3.84. The summed E-state index contributed by atoms with van der Waals surface area (Å²) in [6.45, 7) is 5.42. The van der Waals surface area contributed by atoms with E-state index >= 15 is 0 Å². The Morgan fingerprint density at radius 3 is 2.77 bits per heavy atom. The van der Waals surface area contributed by atoms with Gasteiger partial charge in [0.15, 0.2) is 5.69 Å². The van der Waals surface area contributed by atoms with Gasteiger partial charge < -0.3 is 10.6 Å². The maximum absolute atomic E-state index is 14.6. The average molecular weight is 429 g/mol. The zero-order valence-corrected chi connectivity index (χ0v) is 18.0. The van der Waals surface area contributed by atoms with Gasteiger partial charge in [0, 0.05) is 23.5 Å². The number of fused-ring (bicyclic) bond motifs is 1. The van der Waals surface area contributed by atoms with Crippen LogP contribution < -0.4 is 10.6 Å². The zero-order valence-electron chi connectivity index (χ0n) is 17.2. The predicted octanol–water partition coefficient (Wildman–Crippen LogP) is 4.59. The fraction of sp³-hybridized carbons (Fsp3) is 0.304. The third-order valence-corrected chi connectivity index (χ3v) is 5.31. The number of nitrogens with one attached hydrogen (secondary N) is 2. The van der Waals surface area contributed by atoms with E-state index in [0.717, 1.165) is 53.9 Å². The predicted molar refractivity (Wildman–Crippen MR) is 119 cm³/mol. The first-order valence-electron chi connectivity index (χ1n) is 10.1. The summed E-state index contributed by atoms with van der Waals surface area (Å²) in [4.78, 5) is 13.1. The highest BCUT2D eigenvalue weighted by Crippen LogP contribution is 2.29. The van der Waals surface area contributed by atoms with Crippen molar-refractivity contribution >= 4 is 24.0 Å². The summed E-state index contributed by atoms with van der Waals surface area (Å²) in [6.07, 6.45) is 2.52. The number of aryl methyl sites for hydroxylation is 1. The van der Waals surface area contributed by atoms with Crippen LogP contribution in [0.15, 0.2) is 42.5 Å². The quantitative estimate of drug-likeness (QED) is 0.603. The molecule has 2 aromatic carbocycles. The van der Waals surface area contributed by atoms with E-state index < -0.39 is 0 Å². The molecule has 7 heteroatoms. The van der Waals surface area contributed by atoms with E-state index in [2.05, 4.69) is 15.7 Å². The molecule has 30 heavy (non-hydrogen) atoms. The second-order valence-corrected chi connectivity index (χ2v) is 7.39. The third-order valence-electron chi connectivity index (χ3n) is 5.31. The molecule has 0 bridgehead atoms. The number of halogens is 2. The Bertz CT molecular complexity index is 1060. The highest BCUT2D eigenvalue weighted by molar-refractivity contribution is 6.04. The third kappa shape index (κ3) is 4.25. The normalized spacial score (nSPS) is 12.4. The lowest BCUT2D eigenvalue weighted by molar-refractivity contribution is 0.102. The molecule has 0 saturated heterocycles. The lowest BCUT2D eigenvalue weighted by Gasteiger charge is -2.11. The number of aromatic nitrogens is 2. The van der Waals surface area contributed by atoms with Gasteiger partial charge in [0.25, 0.3) is 5.91 Å². The van der Waals surface area contributed by atoms with Crippen LogP contribution in [0.2, 0.25) is 0 Å². The number of carbonyl (C=O) groups excluding carboxylic acids is 1. The number of rotatable bonds is 6. The van der Waals surface area contributed by atoms with Crippen molar-refractivity contribution in [2.24, 2.45) is 0 Å². The number of benzene rings is 2. The molecule has 1 aliphatic rings. The van der Waals surface area contributed by atoms with Gasteiger partial charge in [-0.15, -0.1) is 12.4 Å². The first-order valence-corrected chi connectivity index (χ1v) is 10.1. The summed E-state index contributed by atoms with van der Waals surface area (Å²) in [5.41, 5.74) is 5.26. The average Bonchev–Trinajstić information content (AvgIpc) is 3.30. The molecular formula is C23H26ClFN4O. The SMILES string of the molecule is CCNCc1ccccc1NC(=O)c1nn(-c2ccc(C)cc2F)c2c1CCC2.Cl. The van der Waals surface area contributed by atoms with Gasteiger partial charge in [-0.1, -0.05) is 31.2 Å². The molecule has 2 N–H and O–H groups in total. The van der Waals surface area contributed by atoms with Gasteiger partial charge >= 0.3 is 0 Å². The minimum Gasteiger partial charge on any atom is -0.320 e. The zero-order chi connectivity index (χ0) is 20.4. The first kappa shape index (κ1) is 22.0. The van der Waals surface area contributed by atoms with Crippen molar-refractivity contribution in [2.45, 2.75) is 39.7 Å². The van der Waals surface area contributed by atoms with E-state index in [-0.39, 0.29) is 24.1 Å². The van der Waals surface area contributed by atoms with Gasteiger partial charge in [0.2, 0.25) is 0 Å². The van der Waals surface area contributed by atoms with Crippen molar-refractivity contribution in [1.29, 1.82) is 0 Å². The van der Waals surface area contributed by atoms with Crippen LogP contribution in [0.5, 0.6) is 0 Å². The molecule has 0 aliphatic heterocycles. The number of nitrogens with zero attached hydrogens (tertiary/aromatic N) is 2. The van der Waals surface area contributed by atoms with E-state index in [9.17, 15) is 9.18 Å². The molecule has 3 aromatic rings.